The Balaban J connectivity index is 1.45. The van der Waals surface area contributed by atoms with Gasteiger partial charge in [0.2, 0.25) is 17.1 Å². The highest BCUT2D eigenvalue weighted by molar-refractivity contribution is 6.28. The summed E-state index contributed by atoms with van der Waals surface area (Å²) >= 11 is 6.06. The lowest BCUT2D eigenvalue weighted by atomic mass is 10.0. The second-order valence-electron chi connectivity index (χ2n) is 8.31. The van der Waals surface area contributed by atoms with Crippen LogP contribution in [0.5, 0.6) is 0 Å². The molecule has 9 nitrogen and oxygen atoms in total. The molecule has 10 heteroatoms. The number of halogens is 1. The van der Waals surface area contributed by atoms with Gasteiger partial charge < -0.3 is 15.1 Å². The normalized spacial score (nSPS) is 22.8. The van der Waals surface area contributed by atoms with Crippen LogP contribution in [0.4, 0.5) is 5.82 Å². The number of nitrogens with one attached hydrogen (secondary N) is 2. The predicted molar refractivity (Wildman–Crippen MR) is 117 cm³/mol. The van der Waals surface area contributed by atoms with E-state index < -0.39 is 11.9 Å². The molecule has 2 unspecified atom stereocenters. The maximum atomic E-state index is 13.4. The number of fused-ring (bicyclic) bond motifs is 1. The van der Waals surface area contributed by atoms with E-state index >= 15 is 0 Å². The van der Waals surface area contributed by atoms with Crippen molar-refractivity contribution in [1.29, 1.82) is 0 Å². The van der Waals surface area contributed by atoms with Gasteiger partial charge in [0, 0.05) is 43.9 Å². The smallest absolute Gasteiger partial charge is 0.255 e. The Bertz CT molecular complexity index is 1090. The van der Waals surface area contributed by atoms with Crippen LogP contribution in [0.15, 0.2) is 30.5 Å². The maximum Gasteiger partial charge on any atom is 0.255 e. The summed E-state index contributed by atoms with van der Waals surface area (Å²) in [6.45, 7) is 2.57. The van der Waals surface area contributed by atoms with Crippen LogP contribution in [0.1, 0.15) is 40.7 Å². The topological polar surface area (TPSA) is 108 Å². The van der Waals surface area contributed by atoms with Crippen LogP contribution in [0.3, 0.4) is 0 Å². The first-order valence-corrected chi connectivity index (χ1v) is 11.1. The SMILES string of the molecule is O=C1CCC(N2Cc3cccc(CN(c4ccnc(Cl)n4)C4CCNC4)c3C2=O)C(=O)N1. The summed E-state index contributed by atoms with van der Waals surface area (Å²) in [5.74, 6) is -0.155. The van der Waals surface area contributed by atoms with Gasteiger partial charge >= 0.3 is 0 Å². The highest BCUT2D eigenvalue weighted by Gasteiger charge is 2.40. The molecule has 2 saturated heterocycles. The number of carbonyl (C=O) groups excluding carboxylic acids is 3. The van der Waals surface area contributed by atoms with Crippen LogP contribution in [0.25, 0.3) is 0 Å². The zero-order chi connectivity index (χ0) is 22.2. The standard InChI is InChI=1S/C22H23ClN6O3/c23-22-25-9-7-17(26-22)28(15-6-8-24-10-15)11-13-2-1-3-14-12-29(21(32)19(13)14)16-4-5-18(30)27-20(16)31/h1-3,7,9,15-16,24H,4-6,8,10-12H2,(H,27,30,31). The number of piperidine rings is 1. The molecule has 0 spiro atoms. The fraction of sp³-hybridized carbons (Fsp3) is 0.409. The minimum atomic E-state index is -0.628. The summed E-state index contributed by atoms with van der Waals surface area (Å²) in [6, 6.07) is 7.21. The molecule has 0 bridgehead atoms. The Labute approximate surface area is 190 Å². The monoisotopic (exact) mass is 454 g/mol. The van der Waals surface area contributed by atoms with Gasteiger partial charge in [-0.05, 0) is 48.2 Å². The summed E-state index contributed by atoms with van der Waals surface area (Å²) < 4.78 is 0. The lowest BCUT2D eigenvalue weighted by molar-refractivity contribution is -0.136. The number of carbonyl (C=O) groups is 3. The summed E-state index contributed by atoms with van der Waals surface area (Å²) in [5, 5.41) is 5.91. The number of aromatic nitrogens is 2. The number of benzene rings is 1. The van der Waals surface area contributed by atoms with Crippen LogP contribution < -0.4 is 15.5 Å². The van der Waals surface area contributed by atoms with Crippen LogP contribution in [0.2, 0.25) is 5.28 Å². The van der Waals surface area contributed by atoms with Crippen molar-refractivity contribution < 1.29 is 14.4 Å². The summed E-state index contributed by atoms with van der Waals surface area (Å²) in [7, 11) is 0. The zero-order valence-corrected chi connectivity index (χ0v) is 18.1. The first-order valence-electron chi connectivity index (χ1n) is 10.7. The molecule has 3 aliphatic heterocycles. The third-order valence-electron chi connectivity index (χ3n) is 6.36. The average molecular weight is 455 g/mol. The van der Waals surface area contributed by atoms with Crippen molar-refractivity contribution in [1.82, 2.24) is 25.5 Å². The second kappa shape index (κ2) is 8.48. The van der Waals surface area contributed by atoms with Gasteiger partial charge in [0.15, 0.2) is 0 Å². The third kappa shape index (κ3) is 3.82. The first-order chi connectivity index (χ1) is 15.5. The summed E-state index contributed by atoms with van der Waals surface area (Å²) in [6.07, 6.45) is 3.16. The van der Waals surface area contributed by atoms with Crippen molar-refractivity contribution in [3.05, 3.63) is 52.4 Å². The zero-order valence-electron chi connectivity index (χ0n) is 17.4. The second-order valence-corrected chi connectivity index (χ2v) is 8.65. The van der Waals surface area contributed by atoms with Crippen molar-refractivity contribution in [2.75, 3.05) is 18.0 Å². The largest absolute Gasteiger partial charge is 0.348 e. The fourth-order valence-corrected chi connectivity index (χ4v) is 4.94. The molecule has 1 aromatic carbocycles. The molecule has 4 heterocycles. The van der Waals surface area contributed by atoms with E-state index in [1.54, 1.807) is 11.1 Å². The molecule has 166 valence electrons. The van der Waals surface area contributed by atoms with E-state index in [0.29, 0.717) is 30.9 Å². The molecule has 3 aliphatic rings. The Morgan fingerprint density at radius 1 is 1.19 bits per heavy atom. The molecular weight excluding hydrogens is 432 g/mol. The van der Waals surface area contributed by atoms with Gasteiger partial charge in [0.1, 0.15) is 11.9 Å². The Morgan fingerprint density at radius 3 is 2.81 bits per heavy atom. The number of hydrogen-bond acceptors (Lipinski definition) is 7. The van der Waals surface area contributed by atoms with Gasteiger partial charge in [-0.1, -0.05) is 18.2 Å². The van der Waals surface area contributed by atoms with E-state index in [1.807, 2.05) is 24.3 Å². The number of imide groups is 1. The summed E-state index contributed by atoms with van der Waals surface area (Å²) in [4.78, 5) is 49.5. The Morgan fingerprint density at radius 2 is 2.06 bits per heavy atom. The molecule has 0 saturated carbocycles. The van der Waals surface area contributed by atoms with Crippen molar-refractivity contribution >= 4 is 35.1 Å². The molecule has 2 aromatic rings. The van der Waals surface area contributed by atoms with Gasteiger partial charge in [-0.2, -0.15) is 0 Å². The average Bonchev–Trinajstić information content (AvgIpc) is 3.41. The van der Waals surface area contributed by atoms with E-state index in [2.05, 4.69) is 25.5 Å². The van der Waals surface area contributed by atoms with Gasteiger partial charge in [-0.15, -0.1) is 0 Å². The van der Waals surface area contributed by atoms with Crippen molar-refractivity contribution in [2.45, 2.75) is 44.4 Å². The van der Waals surface area contributed by atoms with E-state index in [0.717, 1.165) is 30.6 Å². The molecule has 2 atom stereocenters. The number of hydrogen-bond donors (Lipinski definition) is 2. The Kier molecular flexibility index (Phi) is 5.52. The van der Waals surface area contributed by atoms with E-state index in [-0.39, 0.29) is 29.6 Å². The lowest BCUT2D eigenvalue weighted by Crippen LogP contribution is -2.52. The molecule has 3 amide bonds. The van der Waals surface area contributed by atoms with Crippen LogP contribution in [-0.4, -0.2) is 57.8 Å². The van der Waals surface area contributed by atoms with E-state index in [9.17, 15) is 14.4 Å². The number of amides is 3. The minimum absolute atomic E-state index is 0.171. The van der Waals surface area contributed by atoms with Crippen LogP contribution in [-0.2, 0) is 22.7 Å². The van der Waals surface area contributed by atoms with Gasteiger partial charge in [0.05, 0.1) is 0 Å². The van der Waals surface area contributed by atoms with Crippen LogP contribution in [0, 0.1) is 0 Å². The number of rotatable bonds is 5. The van der Waals surface area contributed by atoms with Gasteiger partial charge in [-0.25, -0.2) is 9.97 Å². The fourth-order valence-electron chi connectivity index (χ4n) is 4.79. The molecular formula is C22H23ClN6O3. The molecule has 2 N–H and O–H groups in total. The maximum absolute atomic E-state index is 13.4. The molecule has 0 radical (unpaired) electrons. The Hall–Kier alpha value is -3.04. The van der Waals surface area contributed by atoms with E-state index in [1.165, 1.54) is 0 Å². The molecule has 0 aliphatic carbocycles. The summed E-state index contributed by atoms with van der Waals surface area (Å²) in [5.41, 5.74) is 2.40. The minimum Gasteiger partial charge on any atom is -0.348 e. The van der Waals surface area contributed by atoms with Gasteiger partial charge in [0.25, 0.3) is 5.91 Å². The number of anilines is 1. The lowest BCUT2D eigenvalue weighted by Gasteiger charge is -2.31. The molecule has 2 fully saturated rings. The molecule has 5 rings (SSSR count). The highest BCUT2D eigenvalue weighted by Crippen LogP contribution is 2.32. The molecule has 1 aromatic heterocycles. The highest BCUT2D eigenvalue weighted by atomic mass is 35.5. The quantitative estimate of drug-likeness (QED) is 0.517. The third-order valence-corrected chi connectivity index (χ3v) is 6.54. The predicted octanol–water partition coefficient (Wildman–Crippen LogP) is 1.26. The number of nitrogens with zero attached hydrogens (tertiary/aromatic N) is 4. The van der Waals surface area contributed by atoms with Gasteiger partial charge in [-0.3, -0.25) is 19.7 Å². The first kappa shape index (κ1) is 20.8. The van der Waals surface area contributed by atoms with Crippen molar-refractivity contribution in [2.24, 2.45) is 0 Å². The van der Waals surface area contributed by atoms with E-state index in [4.69, 9.17) is 11.6 Å². The van der Waals surface area contributed by atoms with Crippen molar-refractivity contribution in [3.63, 3.8) is 0 Å². The molecule has 32 heavy (non-hydrogen) atoms. The van der Waals surface area contributed by atoms with Crippen LogP contribution >= 0.6 is 11.6 Å². The van der Waals surface area contributed by atoms with Crippen molar-refractivity contribution in [3.8, 4) is 0 Å².